The van der Waals surface area contributed by atoms with Crippen LogP contribution >= 0.6 is 0 Å². The summed E-state index contributed by atoms with van der Waals surface area (Å²) in [5, 5.41) is 21.9. The summed E-state index contributed by atoms with van der Waals surface area (Å²) >= 11 is 0. The minimum atomic E-state index is -0.0204. The Labute approximate surface area is 112 Å². The van der Waals surface area contributed by atoms with Crippen molar-refractivity contribution < 1.29 is 9.84 Å². The molecular weight excluding hydrogens is 242 g/mol. The molecule has 2 fully saturated rings. The van der Waals surface area contributed by atoms with Crippen LogP contribution in [0.15, 0.2) is 18.2 Å². The average Bonchev–Trinajstić information content (AvgIpc) is 2.46. The van der Waals surface area contributed by atoms with Crippen molar-refractivity contribution in [3.05, 3.63) is 29.3 Å². The first kappa shape index (κ1) is 12.4. The van der Waals surface area contributed by atoms with Crippen molar-refractivity contribution in [3.63, 3.8) is 0 Å². The molecule has 19 heavy (non-hydrogen) atoms. The van der Waals surface area contributed by atoms with E-state index in [0.717, 1.165) is 31.7 Å². The van der Waals surface area contributed by atoms with Crippen molar-refractivity contribution in [1.29, 1.82) is 5.26 Å². The second-order valence-corrected chi connectivity index (χ2v) is 5.06. The Balaban J connectivity index is 1.76. The largest absolute Gasteiger partial charge is 0.507 e. The zero-order valence-electron chi connectivity index (χ0n) is 10.7. The van der Waals surface area contributed by atoms with Gasteiger partial charge >= 0.3 is 0 Å². The molecule has 0 bridgehead atoms. The van der Waals surface area contributed by atoms with Gasteiger partial charge in [0, 0.05) is 32.2 Å². The molecular formula is C14H17N3O2. The number of piperazine rings is 1. The Bertz CT molecular complexity index is 512. The van der Waals surface area contributed by atoms with Gasteiger partial charge in [-0.3, -0.25) is 4.90 Å². The van der Waals surface area contributed by atoms with E-state index in [9.17, 15) is 5.11 Å². The first-order valence-corrected chi connectivity index (χ1v) is 6.57. The van der Waals surface area contributed by atoms with Gasteiger partial charge in [-0.15, -0.1) is 0 Å². The zero-order chi connectivity index (χ0) is 13.2. The number of phenols is 1. The second-order valence-electron chi connectivity index (χ2n) is 5.06. The number of nitrogens with zero attached hydrogens (tertiary/aromatic N) is 2. The number of rotatable bonds is 1. The van der Waals surface area contributed by atoms with Crippen molar-refractivity contribution in [1.82, 2.24) is 10.2 Å². The third-order valence-electron chi connectivity index (χ3n) is 3.88. The predicted octanol–water partition coefficient (Wildman–Crippen LogP) is 0.609. The van der Waals surface area contributed by atoms with E-state index in [0.29, 0.717) is 18.2 Å². The van der Waals surface area contributed by atoms with Crippen LogP contribution < -0.4 is 5.32 Å². The number of benzene rings is 1. The lowest BCUT2D eigenvalue weighted by Crippen LogP contribution is -2.57. The third-order valence-corrected chi connectivity index (χ3v) is 3.88. The number of aromatic hydroxyl groups is 1. The fourth-order valence-electron chi connectivity index (χ4n) is 2.75. The summed E-state index contributed by atoms with van der Waals surface area (Å²) in [5.74, 6) is 0.0334. The topological polar surface area (TPSA) is 68.5 Å². The molecule has 1 unspecified atom stereocenters. The summed E-state index contributed by atoms with van der Waals surface area (Å²) in [4.78, 5) is 2.43. The number of nitriles is 1. The van der Waals surface area contributed by atoms with Crippen LogP contribution in [0.4, 0.5) is 0 Å². The fraction of sp³-hybridized carbons (Fsp3) is 0.500. The Kier molecular flexibility index (Phi) is 3.38. The van der Waals surface area contributed by atoms with Gasteiger partial charge in [-0.25, -0.2) is 0 Å². The average molecular weight is 259 g/mol. The van der Waals surface area contributed by atoms with Crippen LogP contribution in [0.1, 0.15) is 17.2 Å². The van der Waals surface area contributed by atoms with Gasteiger partial charge in [0.1, 0.15) is 11.8 Å². The van der Waals surface area contributed by atoms with Gasteiger partial charge in [-0.2, -0.15) is 5.26 Å². The molecule has 0 aliphatic carbocycles. The minimum Gasteiger partial charge on any atom is -0.507 e. The number of hydrogen-bond acceptors (Lipinski definition) is 5. The van der Waals surface area contributed by atoms with Crippen LogP contribution in [0.2, 0.25) is 0 Å². The highest BCUT2D eigenvalue weighted by Crippen LogP contribution is 2.28. The smallest absolute Gasteiger partial charge is 0.133 e. The van der Waals surface area contributed by atoms with E-state index in [1.807, 2.05) is 12.1 Å². The molecule has 0 amide bonds. The van der Waals surface area contributed by atoms with E-state index in [-0.39, 0.29) is 11.9 Å². The maximum Gasteiger partial charge on any atom is 0.133 e. The van der Waals surface area contributed by atoms with Crippen LogP contribution in [-0.4, -0.2) is 48.8 Å². The van der Waals surface area contributed by atoms with Crippen molar-refractivity contribution in [2.24, 2.45) is 0 Å². The third kappa shape index (κ3) is 2.43. The van der Waals surface area contributed by atoms with E-state index in [2.05, 4.69) is 10.2 Å². The van der Waals surface area contributed by atoms with Crippen molar-refractivity contribution in [3.8, 4) is 11.8 Å². The molecule has 1 aromatic carbocycles. The second kappa shape index (κ2) is 5.17. The fourth-order valence-corrected chi connectivity index (χ4v) is 2.75. The summed E-state index contributed by atoms with van der Waals surface area (Å²) in [6.45, 7) is 4.58. The molecule has 0 saturated carbocycles. The monoisotopic (exact) mass is 259 g/mol. The Hall–Kier alpha value is -1.61. The maximum absolute atomic E-state index is 9.75. The normalized spacial score (nSPS) is 27.5. The number of ether oxygens (including phenoxy) is 1. The van der Waals surface area contributed by atoms with Gasteiger partial charge in [0.15, 0.2) is 0 Å². The molecule has 2 heterocycles. The first-order chi connectivity index (χ1) is 9.28. The lowest BCUT2D eigenvalue weighted by atomic mass is 10.0. The summed E-state index contributed by atoms with van der Waals surface area (Å²) < 4.78 is 5.89. The van der Waals surface area contributed by atoms with E-state index in [1.165, 1.54) is 0 Å². The predicted molar refractivity (Wildman–Crippen MR) is 69.7 cm³/mol. The molecule has 3 rings (SSSR count). The number of fused-ring (bicyclic) bond motifs is 1. The van der Waals surface area contributed by atoms with Crippen molar-refractivity contribution in [2.75, 3.05) is 32.8 Å². The number of phenolic OH excluding ortho intramolecular Hbond substituents is 1. The lowest BCUT2D eigenvalue weighted by Gasteiger charge is -2.42. The highest BCUT2D eigenvalue weighted by molar-refractivity contribution is 5.44. The van der Waals surface area contributed by atoms with Crippen LogP contribution in [0.5, 0.6) is 5.75 Å². The highest BCUT2D eigenvalue weighted by Gasteiger charge is 2.31. The van der Waals surface area contributed by atoms with Gasteiger partial charge < -0.3 is 15.2 Å². The zero-order valence-corrected chi connectivity index (χ0v) is 10.7. The number of hydrogen-bond donors (Lipinski definition) is 2. The summed E-state index contributed by atoms with van der Waals surface area (Å²) in [6.07, 6.45) is -0.0204. The summed E-state index contributed by atoms with van der Waals surface area (Å²) in [6, 6.07) is 7.58. The van der Waals surface area contributed by atoms with Gasteiger partial charge in [0.05, 0.1) is 18.3 Å². The lowest BCUT2D eigenvalue weighted by molar-refractivity contribution is -0.0718. The molecule has 2 N–H and O–H groups in total. The Morgan fingerprint density at radius 1 is 1.47 bits per heavy atom. The molecule has 0 aromatic heterocycles. The number of nitrogens with one attached hydrogen (secondary N) is 1. The molecule has 0 radical (unpaired) electrons. The van der Waals surface area contributed by atoms with E-state index < -0.39 is 0 Å². The van der Waals surface area contributed by atoms with Gasteiger partial charge in [-0.1, -0.05) is 6.07 Å². The molecule has 1 aromatic rings. The van der Waals surface area contributed by atoms with Crippen molar-refractivity contribution >= 4 is 0 Å². The van der Waals surface area contributed by atoms with Gasteiger partial charge in [0.2, 0.25) is 0 Å². The van der Waals surface area contributed by atoms with Gasteiger partial charge in [0.25, 0.3) is 0 Å². The van der Waals surface area contributed by atoms with Crippen LogP contribution in [-0.2, 0) is 4.74 Å². The van der Waals surface area contributed by atoms with E-state index in [1.54, 1.807) is 12.1 Å². The summed E-state index contributed by atoms with van der Waals surface area (Å²) in [7, 11) is 0. The van der Waals surface area contributed by atoms with Crippen LogP contribution in [0, 0.1) is 11.3 Å². The van der Waals surface area contributed by atoms with Crippen LogP contribution in [0.25, 0.3) is 0 Å². The van der Waals surface area contributed by atoms with E-state index >= 15 is 0 Å². The minimum absolute atomic E-state index is 0.0204. The van der Waals surface area contributed by atoms with Crippen molar-refractivity contribution in [2.45, 2.75) is 12.1 Å². The SMILES string of the molecule is N#Cc1ccc(C2CN3CCNC[C@H]3CO2)cc1O. The molecule has 5 nitrogen and oxygen atoms in total. The number of morpholine rings is 1. The standard InChI is InChI=1S/C14H17N3O2/c15-6-11-2-1-10(5-13(11)18)14-8-17-4-3-16-7-12(17)9-19-14/h1-2,5,12,14,16,18H,3-4,7-9H2/t12-,14?/m0/s1. The highest BCUT2D eigenvalue weighted by atomic mass is 16.5. The first-order valence-electron chi connectivity index (χ1n) is 6.57. The molecule has 2 atom stereocenters. The molecule has 0 spiro atoms. The molecule has 100 valence electrons. The molecule has 2 saturated heterocycles. The Morgan fingerprint density at radius 3 is 3.16 bits per heavy atom. The Morgan fingerprint density at radius 2 is 2.37 bits per heavy atom. The molecule has 2 aliphatic heterocycles. The molecule has 5 heteroatoms. The molecule has 2 aliphatic rings. The van der Waals surface area contributed by atoms with Crippen LogP contribution in [0.3, 0.4) is 0 Å². The van der Waals surface area contributed by atoms with Gasteiger partial charge in [-0.05, 0) is 17.7 Å². The maximum atomic E-state index is 9.75. The summed E-state index contributed by atoms with van der Waals surface area (Å²) in [5.41, 5.74) is 1.24. The van der Waals surface area contributed by atoms with E-state index in [4.69, 9.17) is 10.00 Å². The quantitative estimate of drug-likeness (QED) is 0.773.